The van der Waals surface area contributed by atoms with Crippen LogP contribution >= 0.6 is 0 Å². The van der Waals surface area contributed by atoms with E-state index in [4.69, 9.17) is 0 Å². The minimum Gasteiger partial charge on any atom is -0.469 e. The van der Waals surface area contributed by atoms with Crippen LogP contribution in [0.2, 0.25) is 0 Å². The lowest BCUT2D eigenvalue weighted by Gasteiger charge is -2.22. The van der Waals surface area contributed by atoms with Crippen molar-refractivity contribution in [2.45, 2.75) is 32.7 Å². The number of esters is 1. The van der Waals surface area contributed by atoms with Gasteiger partial charge in [-0.1, -0.05) is 6.92 Å². The van der Waals surface area contributed by atoms with Crippen molar-refractivity contribution in [3.63, 3.8) is 0 Å². The van der Waals surface area contributed by atoms with Crippen molar-refractivity contribution >= 4 is 11.9 Å². The third-order valence-corrected chi connectivity index (χ3v) is 2.41. The molecular weight excluding hydrogens is 208 g/mol. The molecule has 5 heteroatoms. The van der Waals surface area contributed by atoms with Gasteiger partial charge in [-0.05, 0) is 20.4 Å². The number of amides is 1. The lowest BCUT2D eigenvalue weighted by Crippen LogP contribution is -2.40. The molecule has 1 N–H and O–H groups in total. The summed E-state index contributed by atoms with van der Waals surface area (Å²) in [5.41, 5.74) is 0. The Morgan fingerprint density at radius 2 is 2.06 bits per heavy atom. The van der Waals surface area contributed by atoms with Gasteiger partial charge >= 0.3 is 5.97 Å². The van der Waals surface area contributed by atoms with Crippen LogP contribution in [0, 0.1) is 0 Å². The summed E-state index contributed by atoms with van der Waals surface area (Å²) in [5.74, 6) is -0.269. The molecule has 1 unspecified atom stereocenters. The molecule has 0 rings (SSSR count). The molecule has 0 heterocycles. The molecule has 1 atom stereocenters. The highest BCUT2D eigenvalue weighted by molar-refractivity contribution is 5.78. The number of nitrogens with one attached hydrogen (secondary N) is 1. The van der Waals surface area contributed by atoms with E-state index in [1.165, 1.54) is 7.11 Å². The average molecular weight is 230 g/mol. The normalized spacial score (nSPS) is 12.3. The number of hydrogen-bond donors (Lipinski definition) is 1. The Morgan fingerprint density at radius 3 is 2.56 bits per heavy atom. The van der Waals surface area contributed by atoms with Gasteiger partial charge in [0.25, 0.3) is 0 Å². The fourth-order valence-electron chi connectivity index (χ4n) is 1.18. The van der Waals surface area contributed by atoms with Crippen molar-refractivity contribution in [2.24, 2.45) is 0 Å². The van der Waals surface area contributed by atoms with Crippen LogP contribution in [0.4, 0.5) is 0 Å². The summed E-state index contributed by atoms with van der Waals surface area (Å²) in [6, 6.07) is -0.000161. The molecule has 94 valence electrons. The van der Waals surface area contributed by atoms with Gasteiger partial charge in [0.15, 0.2) is 0 Å². The number of ether oxygens (including phenoxy) is 1. The Bertz CT molecular complexity index is 231. The molecule has 0 spiro atoms. The minimum absolute atomic E-state index is 0.000161. The van der Waals surface area contributed by atoms with Gasteiger partial charge < -0.3 is 10.1 Å². The summed E-state index contributed by atoms with van der Waals surface area (Å²) in [5, 5.41) is 2.79. The van der Waals surface area contributed by atoms with Crippen LogP contribution in [0.25, 0.3) is 0 Å². The van der Waals surface area contributed by atoms with Crippen LogP contribution in [-0.2, 0) is 14.3 Å². The molecule has 0 aromatic carbocycles. The lowest BCUT2D eigenvalue weighted by atomic mass is 10.2. The van der Waals surface area contributed by atoms with E-state index in [9.17, 15) is 9.59 Å². The number of methoxy groups -OCH3 is 1. The number of rotatable bonds is 7. The van der Waals surface area contributed by atoms with Gasteiger partial charge in [0.2, 0.25) is 5.91 Å². The Hall–Kier alpha value is -1.10. The third kappa shape index (κ3) is 6.40. The third-order valence-electron chi connectivity index (χ3n) is 2.41. The number of nitrogens with zero attached hydrogens (tertiary/aromatic N) is 1. The molecule has 1 amide bonds. The average Bonchev–Trinajstić information content (AvgIpc) is 2.25. The standard InChI is InChI=1S/C11H22N2O3/c1-5-6-12-10(14)8-13(3)9(2)7-11(15)16-4/h9H,5-8H2,1-4H3,(H,12,14). The zero-order valence-electron chi connectivity index (χ0n) is 10.6. The van der Waals surface area contributed by atoms with E-state index in [1.54, 1.807) is 0 Å². The maximum Gasteiger partial charge on any atom is 0.307 e. The number of hydrogen-bond acceptors (Lipinski definition) is 4. The van der Waals surface area contributed by atoms with Crippen molar-refractivity contribution in [3.05, 3.63) is 0 Å². The summed E-state index contributed by atoms with van der Waals surface area (Å²) in [6.07, 6.45) is 1.22. The SMILES string of the molecule is CCCNC(=O)CN(C)C(C)CC(=O)OC. The highest BCUT2D eigenvalue weighted by atomic mass is 16.5. The van der Waals surface area contributed by atoms with Crippen LogP contribution in [-0.4, -0.2) is 50.1 Å². The molecule has 0 saturated carbocycles. The summed E-state index contributed by atoms with van der Waals surface area (Å²) in [6.45, 7) is 4.89. The van der Waals surface area contributed by atoms with Crippen LogP contribution in [0.1, 0.15) is 26.7 Å². The molecule has 5 nitrogen and oxygen atoms in total. The van der Waals surface area contributed by atoms with Gasteiger partial charge in [0, 0.05) is 12.6 Å². The van der Waals surface area contributed by atoms with Gasteiger partial charge in [-0.2, -0.15) is 0 Å². The molecule has 0 aliphatic carbocycles. The van der Waals surface area contributed by atoms with Gasteiger partial charge in [0.05, 0.1) is 20.1 Å². The van der Waals surface area contributed by atoms with Gasteiger partial charge in [-0.3, -0.25) is 14.5 Å². The van der Waals surface area contributed by atoms with Crippen molar-refractivity contribution in [3.8, 4) is 0 Å². The van der Waals surface area contributed by atoms with Crippen LogP contribution < -0.4 is 5.32 Å². The molecule has 16 heavy (non-hydrogen) atoms. The second-order valence-electron chi connectivity index (χ2n) is 3.89. The zero-order chi connectivity index (χ0) is 12.6. The Labute approximate surface area is 97.1 Å². The molecule has 0 aromatic heterocycles. The summed E-state index contributed by atoms with van der Waals surface area (Å²) in [7, 11) is 3.18. The second kappa shape index (κ2) is 8.10. The second-order valence-corrected chi connectivity index (χ2v) is 3.89. The van der Waals surface area contributed by atoms with Crippen molar-refractivity contribution in [1.82, 2.24) is 10.2 Å². The number of carbonyl (C=O) groups is 2. The fraction of sp³-hybridized carbons (Fsp3) is 0.818. The first-order chi connectivity index (χ1) is 7.51. The van der Waals surface area contributed by atoms with Crippen LogP contribution in [0.3, 0.4) is 0 Å². The summed E-state index contributed by atoms with van der Waals surface area (Å²) >= 11 is 0. The maximum absolute atomic E-state index is 11.4. The van der Waals surface area contributed by atoms with E-state index < -0.39 is 0 Å². The van der Waals surface area contributed by atoms with E-state index in [-0.39, 0.29) is 17.9 Å². The predicted octanol–water partition coefficient (Wildman–Crippen LogP) is 0.396. The summed E-state index contributed by atoms with van der Waals surface area (Å²) < 4.78 is 4.57. The molecule has 0 bridgehead atoms. The number of likely N-dealkylation sites (N-methyl/N-ethyl adjacent to an activating group) is 1. The Balaban J connectivity index is 3.90. The van der Waals surface area contributed by atoms with Crippen molar-refractivity contribution in [1.29, 1.82) is 0 Å². The summed E-state index contributed by atoms with van der Waals surface area (Å²) in [4.78, 5) is 24.3. The molecule has 0 fully saturated rings. The molecule has 0 aliphatic heterocycles. The van der Waals surface area contributed by atoms with Gasteiger partial charge in [-0.25, -0.2) is 0 Å². The van der Waals surface area contributed by atoms with Gasteiger partial charge in [-0.15, -0.1) is 0 Å². The molecular formula is C11H22N2O3. The number of carbonyl (C=O) groups excluding carboxylic acids is 2. The Kier molecular flexibility index (Phi) is 7.54. The molecule has 0 aromatic rings. The zero-order valence-corrected chi connectivity index (χ0v) is 10.6. The quantitative estimate of drug-likeness (QED) is 0.643. The first kappa shape index (κ1) is 14.9. The van der Waals surface area contributed by atoms with E-state index in [2.05, 4.69) is 10.1 Å². The maximum atomic E-state index is 11.4. The molecule has 0 aliphatic rings. The fourth-order valence-corrected chi connectivity index (χ4v) is 1.18. The van der Waals surface area contributed by atoms with Gasteiger partial charge in [0.1, 0.15) is 0 Å². The van der Waals surface area contributed by atoms with Crippen LogP contribution in [0.15, 0.2) is 0 Å². The first-order valence-electron chi connectivity index (χ1n) is 5.55. The van der Waals surface area contributed by atoms with E-state index in [0.717, 1.165) is 6.42 Å². The first-order valence-corrected chi connectivity index (χ1v) is 5.55. The topological polar surface area (TPSA) is 58.6 Å². The molecule has 0 saturated heterocycles. The lowest BCUT2D eigenvalue weighted by molar-refractivity contribution is -0.142. The largest absolute Gasteiger partial charge is 0.469 e. The minimum atomic E-state index is -0.256. The van der Waals surface area contributed by atoms with Crippen LogP contribution in [0.5, 0.6) is 0 Å². The van der Waals surface area contributed by atoms with E-state index in [0.29, 0.717) is 19.5 Å². The highest BCUT2D eigenvalue weighted by Gasteiger charge is 2.16. The molecule has 0 radical (unpaired) electrons. The van der Waals surface area contributed by atoms with Crippen molar-refractivity contribution in [2.75, 3.05) is 27.2 Å². The van der Waals surface area contributed by atoms with E-state index >= 15 is 0 Å². The highest BCUT2D eigenvalue weighted by Crippen LogP contribution is 2.01. The van der Waals surface area contributed by atoms with E-state index in [1.807, 2.05) is 25.8 Å². The Morgan fingerprint density at radius 1 is 1.44 bits per heavy atom. The van der Waals surface area contributed by atoms with Crippen molar-refractivity contribution < 1.29 is 14.3 Å². The predicted molar refractivity (Wildman–Crippen MR) is 62.0 cm³/mol. The monoisotopic (exact) mass is 230 g/mol. The smallest absolute Gasteiger partial charge is 0.307 e.